The number of amides is 4. The number of nitrogens with one attached hydrogen (secondary N) is 4. The maximum atomic E-state index is 12.6. The van der Waals surface area contributed by atoms with Crippen LogP contribution in [-0.2, 0) is 28.8 Å². The van der Waals surface area contributed by atoms with Crippen LogP contribution < -0.4 is 27.0 Å². The number of aliphatic hydroxyl groups is 2. The number of carbonyl (C=O) groups is 6. The van der Waals surface area contributed by atoms with E-state index in [1.165, 1.54) is 0 Å². The highest BCUT2D eigenvalue weighted by molar-refractivity contribution is 5.96. The number of carbonyl (C=O) groups excluding carboxylic acids is 4. The summed E-state index contributed by atoms with van der Waals surface area (Å²) in [7, 11) is 0. The van der Waals surface area contributed by atoms with Crippen LogP contribution in [0, 0.1) is 5.92 Å². The van der Waals surface area contributed by atoms with Gasteiger partial charge in [0, 0.05) is 0 Å². The smallest absolute Gasteiger partial charge is 0.328 e. The van der Waals surface area contributed by atoms with Crippen molar-refractivity contribution in [3.63, 3.8) is 0 Å². The Labute approximate surface area is 195 Å². The average Bonchev–Trinajstić information content (AvgIpc) is 2.72. The number of nitrogens with two attached hydrogens (primary N) is 1. The fraction of sp³-hybridized carbons (Fsp3) is 0.684. The van der Waals surface area contributed by atoms with Crippen molar-refractivity contribution in [3.8, 4) is 0 Å². The number of aliphatic carboxylic acids is 2. The van der Waals surface area contributed by atoms with Gasteiger partial charge in [-0.3, -0.25) is 24.0 Å². The molecule has 194 valence electrons. The quantitative estimate of drug-likeness (QED) is 0.106. The number of aliphatic hydroxyl groups excluding tert-OH is 2. The Morgan fingerprint density at radius 1 is 0.794 bits per heavy atom. The highest BCUT2D eigenvalue weighted by Gasteiger charge is 2.33. The Morgan fingerprint density at radius 3 is 1.71 bits per heavy atom. The van der Waals surface area contributed by atoms with E-state index in [1.54, 1.807) is 13.8 Å². The molecule has 0 aliphatic heterocycles. The monoisotopic (exact) mass is 491 g/mol. The Bertz CT molecular complexity index is 758. The minimum absolute atomic E-state index is 0.0702. The van der Waals surface area contributed by atoms with Crippen molar-refractivity contribution in [2.75, 3.05) is 13.2 Å². The Balaban J connectivity index is 5.53. The van der Waals surface area contributed by atoms with Crippen LogP contribution in [0.1, 0.15) is 33.6 Å². The minimum Gasteiger partial charge on any atom is -0.481 e. The molecule has 34 heavy (non-hydrogen) atoms. The summed E-state index contributed by atoms with van der Waals surface area (Å²) in [6.07, 6.45) is -2.25. The van der Waals surface area contributed by atoms with Gasteiger partial charge in [-0.25, -0.2) is 4.79 Å². The molecule has 0 radical (unpaired) electrons. The molecule has 5 atom stereocenters. The van der Waals surface area contributed by atoms with E-state index >= 15 is 0 Å². The molecule has 0 aromatic rings. The summed E-state index contributed by atoms with van der Waals surface area (Å²) in [6.45, 7) is 3.22. The maximum absolute atomic E-state index is 12.6. The first-order chi connectivity index (χ1) is 15.7. The predicted molar refractivity (Wildman–Crippen MR) is 115 cm³/mol. The summed E-state index contributed by atoms with van der Waals surface area (Å²) >= 11 is 0. The van der Waals surface area contributed by atoms with Crippen molar-refractivity contribution in [1.82, 2.24) is 21.3 Å². The summed E-state index contributed by atoms with van der Waals surface area (Å²) in [4.78, 5) is 71.5. The average molecular weight is 491 g/mol. The van der Waals surface area contributed by atoms with Gasteiger partial charge in [-0.15, -0.1) is 0 Å². The van der Waals surface area contributed by atoms with Crippen molar-refractivity contribution in [2.45, 2.75) is 63.9 Å². The van der Waals surface area contributed by atoms with Gasteiger partial charge in [-0.2, -0.15) is 0 Å². The highest BCUT2D eigenvalue weighted by Crippen LogP contribution is 2.06. The summed E-state index contributed by atoms with van der Waals surface area (Å²) in [5.41, 5.74) is 5.24. The number of hydrogen-bond acceptors (Lipinski definition) is 9. The lowest BCUT2D eigenvalue weighted by Crippen LogP contribution is -2.60. The first-order valence-electron chi connectivity index (χ1n) is 10.4. The predicted octanol–water partition coefficient (Wildman–Crippen LogP) is -4.14. The van der Waals surface area contributed by atoms with Gasteiger partial charge in [-0.1, -0.05) is 13.8 Å². The maximum Gasteiger partial charge on any atom is 0.328 e. The second-order valence-corrected chi connectivity index (χ2v) is 7.92. The van der Waals surface area contributed by atoms with Crippen molar-refractivity contribution >= 4 is 35.6 Å². The van der Waals surface area contributed by atoms with E-state index in [0.29, 0.717) is 0 Å². The van der Waals surface area contributed by atoms with E-state index in [-0.39, 0.29) is 12.3 Å². The van der Waals surface area contributed by atoms with Crippen LogP contribution in [0.4, 0.5) is 0 Å². The van der Waals surface area contributed by atoms with Gasteiger partial charge in [0.25, 0.3) is 0 Å². The number of hydrogen-bond donors (Lipinski definition) is 9. The zero-order valence-electron chi connectivity index (χ0n) is 19.1. The van der Waals surface area contributed by atoms with Crippen LogP contribution in [0.3, 0.4) is 0 Å². The Hall–Kier alpha value is -3.30. The molecular formula is C19H33N5O10. The fourth-order valence-corrected chi connectivity index (χ4v) is 2.72. The van der Waals surface area contributed by atoms with Crippen LogP contribution in [0.2, 0.25) is 0 Å². The molecule has 0 rings (SSSR count). The van der Waals surface area contributed by atoms with E-state index in [4.69, 9.17) is 15.9 Å². The molecule has 0 heterocycles. The first kappa shape index (κ1) is 30.7. The third kappa shape index (κ3) is 11.0. The molecule has 0 aliphatic rings. The van der Waals surface area contributed by atoms with Crippen LogP contribution in [-0.4, -0.2) is 99.4 Å². The van der Waals surface area contributed by atoms with Gasteiger partial charge in [-0.05, 0) is 19.3 Å². The van der Waals surface area contributed by atoms with Crippen LogP contribution in [0.15, 0.2) is 0 Å². The Kier molecular flexibility index (Phi) is 13.3. The second-order valence-electron chi connectivity index (χ2n) is 7.92. The molecule has 0 saturated carbocycles. The molecule has 0 aliphatic carbocycles. The normalized spacial score (nSPS) is 15.3. The van der Waals surface area contributed by atoms with E-state index in [2.05, 4.69) is 10.6 Å². The van der Waals surface area contributed by atoms with Gasteiger partial charge in [0.1, 0.15) is 18.1 Å². The molecule has 0 spiro atoms. The molecule has 0 fully saturated rings. The summed E-state index contributed by atoms with van der Waals surface area (Å²) in [5.74, 6) is -6.97. The zero-order chi connectivity index (χ0) is 26.6. The summed E-state index contributed by atoms with van der Waals surface area (Å²) in [6, 6.07) is -6.29. The van der Waals surface area contributed by atoms with E-state index in [9.17, 15) is 39.0 Å². The van der Waals surface area contributed by atoms with Gasteiger partial charge in [0.2, 0.25) is 23.6 Å². The third-order valence-electron chi connectivity index (χ3n) is 4.42. The topological polar surface area (TPSA) is 257 Å². The first-order valence-corrected chi connectivity index (χ1v) is 10.4. The van der Waals surface area contributed by atoms with Crippen molar-refractivity contribution in [1.29, 1.82) is 0 Å². The fourth-order valence-electron chi connectivity index (χ4n) is 2.72. The molecule has 15 nitrogen and oxygen atoms in total. The molecule has 0 saturated heterocycles. The number of carboxylic acid groups (broad SMARTS) is 2. The van der Waals surface area contributed by atoms with Crippen molar-refractivity contribution < 1.29 is 49.2 Å². The van der Waals surface area contributed by atoms with Gasteiger partial charge in [0.15, 0.2) is 6.04 Å². The van der Waals surface area contributed by atoms with Crippen LogP contribution in [0.5, 0.6) is 0 Å². The standard InChI is InChI=1S/C19H33N5O10/c1-8(2)4-10(21-13(27)6-20)16(30)22-11(5-14(28)29)17(31)23-12(7-25)18(32)24-15(9(3)26)19(33)34/h8-12,15,25-26H,4-7,20H2,1-3H3,(H,21,27)(H,22,30)(H,23,31)(H,24,32)(H,28,29)(H,33,34)/t9-,10+,11+,12+,15+/m1/s1. The number of rotatable bonds is 15. The molecule has 10 N–H and O–H groups in total. The molecule has 0 aromatic carbocycles. The molecule has 0 bridgehead atoms. The van der Waals surface area contributed by atoms with Crippen molar-refractivity contribution in [3.05, 3.63) is 0 Å². The van der Waals surface area contributed by atoms with Crippen LogP contribution in [0.25, 0.3) is 0 Å². The molecule has 15 heteroatoms. The lowest BCUT2D eigenvalue weighted by atomic mass is 10.0. The number of carboxylic acids is 2. The lowest BCUT2D eigenvalue weighted by molar-refractivity contribution is -0.146. The van der Waals surface area contributed by atoms with Crippen molar-refractivity contribution in [2.24, 2.45) is 11.7 Å². The van der Waals surface area contributed by atoms with Gasteiger partial charge < -0.3 is 47.4 Å². The SMILES string of the molecule is CC(C)C[C@H](NC(=O)CN)C(=O)N[C@@H](CC(=O)O)C(=O)N[C@@H](CO)C(=O)N[C@H](C(=O)O)[C@@H](C)O. The molecular weight excluding hydrogens is 458 g/mol. The van der Waals surface area contributed by atoms with E-state index < -0.39 is 85.4 Å². The summed E-state index contributed by atoms with van der Waals surface area (Å²) in [5, 5.41) is 45.6. The molecule has 0 aromatic heterocycles. The Morgan fingerprint density at radius 2 is 1.29 bits per heavy atom. The van der Waals surface area contributed by atoms with E-state index in [1.807, 2.05) is 10.6 Å². The van der Waals surface area contributed by atoms with Gasteiger partial charge in [0.05, 0.1) is 25.7 Å². The molecule has 0 unspecified atom stereocenters. The second kappa shape index (κ2) is 14.8. The highest BCUT2D eigenvalue weighted by atomic mass is 16.4. The third-order valence-corrected chi connectivity index (χ3v) is 4.42. The zero-order valence-corrected chi connectivity index (χ0v) is 19.1. The van der Waals surface area contributed by atoms with Gasteiger partial charge >= 0.3 is 11.9 Å². The van der Waals surface area contributed by atoms with Crippen LogP contribution >= 0.6 is 0 Å². The molecule has 4 amide bonds. The summed E-state index contributed by atoms with van der Waals surface area (Å²) < 4.78 is 0. The lowest BCUT2D eigenvalue weighted by Gasteiger charge is -2.25. The van der Waals surface area contributed by atoms with E-state index in [0.717, 1.165) is 6.92 Å². The largest absolute Gasteiger partial charge is 0.481 e. The minimum atomic E-state index is -1.74.